The molecule has 0 aromatic carbocycles. The van der Waals surface area contributed by atoms with Gasteiger partial charge < -0.3 is 10.4 Å². The van der Waals surface area contributed by atoms with Gasteiger partial charge in [-0.15, -0.1) is 0 Å². The molecule has 0 amide bonds. The fourth-order valence-corrected chi connectivity index (χ4v) is 2.88. The van der Waals surface area contributed by atoms with Crippen LogP contribution in [0, 0.1) is 17.8 Å². The molecular formula is C14H29NO. The molecule has 2 heteroatoms. The summed E-state index contributed by atoms with van der Waals surface area (Å²) >= 11 is 0. The predicted octanol–water partition coefficient (Wildman–Crippen LogP) is 2.81. The van der Waals surface area contributed by atoms with Gasteiger partial charge in [-0.05, 0) is 37.1 Å². The zero-order valence-corrected chi connectivity index (χ0v) is 11.4. The minimum absolute atomic E-state index is 0.117. The van der Waals surface area contributed by atoms with Gasteiger partial charge in [0.25, 0.3) is 0 Å². The zero-order chi connectivity index (χ0) is 12.1. The molecule has 2 unspecified atom stereocenters. The number of aliphatic hydroxyl groups excluding tert-OH is 1. The highest BCUT2D eigenvalue weighted by atomic mass is 16.3. The van der Waals surface area contributed by atoms with Crippen LogP contribution in [0.25, 0.3) is 0 Å². The molecule has 1 fully saturated rings. The van der Waals surface area contributed by atoms with Gasteiger partial charge in [-0.1, -0.05) is 40.5 Å². The first-order chi connectivity index (χ1) is 7.52. The maximum absolute atomic E-state index is 9.90. The molecule has 1 aliphatic rings. The number of aliphatic hydroxyl groups is 1. The van der Waals surface area contributed by atoms with Gasteiger partial charge in [-0.25, -0.2) is 0 Å². The van der Waals surface area contributed by atoms with Gasteiger partial charge in [-0.3, -0.25) is 0 Å². The minimum Gasteiger partial charge on any atom is -0.392 e. The van der Waals surface area contributed by atoms with E-state index in [1.165, 1.54) is 12.8 Å². The van der Waals surface area contributed by atoms with E-state index in [9.17, 15) is 5.11 Å². The Hall–Kier alpha value is -0.0800. The van der Waals surface area contributed by atoms with Crippen LogP contribution in [0.2, 0.25) is 0 Å². The summed E-state index contributed by atoms with van der Waals surface area (Å²) in [5, 5.41) is 13.5. The van der Waals surface area contributed by atoms with Gasteiger partial charge in [0.05, 0.1) is 6.10 Å². The number of nitrogens with one attached hydrogen (secondary N) is 1. The molecule has 0 aromatic rings. The van der Waals surface area contributed by atoms with Crippen LogP contribution in [-0.2, 0) is 0 Å². The van der Waals surface area contributed by atoms with Crippen LogP contribution in [0.15, 0.2) is 0 Å². The molecule has 0 aliphatic heterocycles. The molecule has 96 valence electrons. The molecule has 1 saturated carbocycles. The van der Waals surface area contributed by atoms with Crippen LogP contribution in [0.1, 0.15) is 53.4 Å². The Labute approximate surface area is 101 Å². The van der Waals surface area contributed by atoms with Crippen molar-refractivity contribution < 1.29 is 5.11 Å². The Morgan fingerprint density at radius 1 is 1.06 bits per heavy atom. The van der Waals surface area contributed by atoms with Gasteiger partial charge in [0, 0.05) is 6.04 Å². The molecule has 0 saturated heterocycles. The third kappa shape index (κ3) is 4.06. The number of rotatable bonds is 5. The highest BCUT2D eigenvalue weighted by Crippen LogP contribution is 2.22. The molecule has 2 atom stereocenters. The van der Waals surface area contributed by atoms with Crippen molar-refractivity contribution in [3.05, 3.63) is 0 Å². The van der Waals surface area contributed by atoms with E-state index in [1.54, 1.807) is 0 Å². The lowest BCUT2D eigenvalue weighted by atomic mass is 9.84. The summed E-state index contributed by atoms with van der Waals surface area (Å²) in [5.74, 6) is 2.15. The van der Waals surface area contributed by atoms with Crippen LogP contribution in [0.3, 0.4) is 0 Å². The third-order valence-electron chi connectivity index (χ3n) is 4.06. The molecule has 0 bridgehead atoms. The molecule has 0 radical (unpaired) electrons. The molecule has 0 aromatic heterocycles. The number of hydrogen-bond acceptors (Lipinski definition) is 2. The summed E-state index contributed by atoms with van der Waals surface area (Å²) in [6, 6.07) is 0.341. The van der Waals surface area contributed by atoms with Crippen molar-refractivity contribution in [3.63, 3.8) is 0 Å². The molecule has 1 rings (SSSR count). The first kappa shape index (κ1) is 14.0. The third-order valence-corrected chi connectivity index (χ3v) is 4.06. The van der Waals surface area contributed by atoms with Crippen molar-refractivity contribution in [2.45, 2.75) is 65.5 Å². The van der Waals surface area contributed by atoms with Crippen LogP contribution in [-0.4, -0.2) is 23.8 Å². The van der Waals surface area contributed by atoms with Gasteiger partial charge in [0.2, 0.25) is 0 Å². The largest absolute Gasteiger partial charge is 0.392 e. The topological polar surface area (TPSA) is 32.3 Å². The molecule has 2 N–H and O–H groups in total. The van der Waals surface area contributed by atoms with Crippen molar-refractivity contribution >= 4 is 0 Å². The molecule has 0 spiro atoms. The Balaban J connectivity index is 2.36. The van der Waals surface area contributed by atoms with Crippen molar-refractivity contribution in [1.82, 2.24) is 5.32 Å². The lowest BCUT2D eigenvalue weighted by molar-refractivity contribution is 0.0851. The first-order valence-electron chi connectivity index (χ1n) is 6.93. The normalized spacial score (nSPS) is 27.0. The van der Waals surface area contributed by atoms with E-state index in [4.69, 9.17) is 0 Å². The van der Waals surface area contributed by atoms with Gasteiger partial charge in [0.1, 0.15) is 0 Å². The summed E-state index contributed by atoms with van der Waals surface area (Å²) in [4.78, 5) is 0. The summed E-state index contributed by atoms with van der Waals surface area (Å²) in [7, 11) is 0. The average molecular weight is 227 g/mol. The Morgan fingerprint density at radius 3 is 2.12 bits per heavy atom. The SMILES string of the molecule is CC(C)C(CNC1CCCCC1O)C(C)C. The highest BCUT2D eigenvalue weighted by molar-refractivity contribution is 4.82. The lowest BCUT2D eigenvalue weighted by Gasteiger charge is -2.32. The molecular weight excluding hydrogens is 198 g/mol. The summed E-state index contributed by atoms with van der Waals surface area (Å²) in [6.45, 7) is 10.2. The van der Waals surface area contributed by atoms with Crippen molar-refractivity contribution in [2.24, 2.45) is 17.8 Å². The van der Waals surface area contributed by atoms with Crippen molar-refractivity contribution in [3.8, 4) is 0 Å². The van der Waals surface area contributed by atoms with Crippen molar-refractivity contribution in [2.75, 3.05) is 6.54 Å². The summed E-state index contributed by atoms with van der Waals surface area (Å²) < 4.78 is 0. The second kappa shape index (κ2) is 6.61. The second-order valence-corrected chi connectivity index (χ2v) is 6.02. The van der Waals surface area contributed by atoms with Crippen LogP contribution in [0.5, 0.6) is 0 Å². The van der Waals surface area contributed by atoms with E-state index in [0.717, 1.165) is 19.4 Å². The smallest absolute Gasteiger partial charge is 0.0693 e. The van der Waals surface area contributed by atoms with Crippen LogP contribution < -0.4 is 5.32 Å². The van der Waals surface area contributed by atoms with Crippen LogP contribution in [0.4, 0.5) is 0 Å². The molecule has 16 heavy (non-hydrogen) atoms. The highest BCUT2D eigenvalue weighted by Gasteiger charge is 2.24. The van der Waals surface area contributed by atoms with E-state index in [-0.39, 0.29) is 6.10 Å². The Morgan fingerprint density at radius 2 is 1.62 bits per heavy atom. The minimum atomic E-state index is -0.117. The van der Waals surface area contributed by atoms with Crippen LogP contribution >= 0.6 is 0 Å². The zero-order valence-electron chi connectivity index (χ0n) is 11.4. The molecule has 0 heterocycles. The van der Waals surface area contributed by atoms with E-state index < -0.39 is 0 Å². The standard InChI is InChI=1S/C14H29NO/c1-10(2)12(11(3)4)9-15-13-7-5-6-8-14(13)16/h10-16H,5-9H2,1-4H3. The Kier molecular flexibility index (Phi) is 5.77. The van der Waals surface area contributed by atoms with E-state index in [0.29, 0.717) is 23.8 Å². The first-order valence-corrected chi connectivity index (χ1v) is 6.93. The fraction of sp³-hybridized carbons (Fsp3) is 1.00. The fourth-order valence-electron chi connectivity index (χ4n) is 2.88. The lowest BCUT2D eigenvalue weighted by Crippen LogP contribution is -2.45. The summed E-state index contributed by atoms with van der Waals surface area (Å²) in [5.41, 5.74) is 0. The van der Waals surface area contributed by atoms with Gasteiger partial charge in [0.15, 0.2) is 0 Å². The van der Waals surface area contributed by atoms with Gasteiger partial charge in [-0.2, -0.15) is 0 Å². The average Bonchev–Trinajstić information content (AvgIpc) is 2.20. The maximum atomic E-state index is 9.90. The van der Waals surface area contributed by atoms with Gasteiger partial charge >= 0.3 is 0 Å². The predicted molar refractivity (Wildman–Crippen MR) is 69.4 cm³/mol. The monoisotopic (exact) mass is 227 g/mol. The number of hydrogen-bond donors (Lipinski definition) is 2. The quantitative estimate of drug-likeness (QED) is 0.757. The van der Waals surface area contributed by atoms with E-state index in [1.807, 2.05) is 0 Å². The molecule has 1 aliphatic carbocycles. The van der Waals surface area contributed by atoms with E-state index in [2.05, 4.69) is 33.0 Å². The molecule has 2 nitrogen and oxygen atoms in total. The Bertz CT molecular complexity index is 183. The summed E-state index contributed by atoms with van der Waals surface area (Å²) in [6.07, 6.45) is 4.46. The second-order valence-electron chi connectivity index (χ2n) is 6.02. The van der Waals surface area contributed by atoms with Crippen molar-refractivity contribution in [1.29, 1.82) is 0 Å². The van der Waals surface area contributed by atoms with E-state index >= 15 is 0 Å². The maximum Gasteiger partial charge on any atom is 0.0693 e.